The summed E-state index contributed by atoms with van der Waals surface area (Å²) >= 11 is 7.00. The highest BCUT2D eigenvalue weighted by atomic mass is 35.5. The minimum Gasteiger partial charge on any atom is -0.411 e. The van der Waals surface area contributed by atoms with Crippen molar-refractivity contribution in [3.05, 3.63) is 29.3 Å². The van der Waals surface area contributed by atoms with Crippen LogP contribution in [0.5, 0.6) is 0 Å². The standard InChI is InChI=1S/C17H19ClF2N4O2S/c18-12-3-1-11(2-4-12)16-22-23-17(26-16)27-10-15(25)21-13-5-7-24(8-6-13)9-14(19)20/h1-4,13-14H,5-10H2,(H,21,25). The van der Waals surface area contributed by atoms with Gasteiger partial charge in [-0.25, -0.2) is 8.78 Å². The maximum Gasteiger partial charge on any atom is 0.277 e. The fourth-order valence-corrected chi connectivity index (χ4v) is 3.53. The number of alkyl halides is 2. The molecule has 1 fully saturated rings. The van der Waals surface area contributed by atoms with Gasteiger partial charge in [0, 0.05) is 29.7 Å². The van der Waals surface area contributed by atoms with Gasteiger partial charge in [-0.05, 0) is 37.1 Å². The second-order valence-electron chi connectivity index (χ2n) is 6.20. The van der Waals surface area contributed by atoms with Crippen molar-refractivity contribution in [3.8, 4) is 11.5 Å². The average molecular weight is 417 g/mol. The monoisotopic (exact) mass is 416 g/mol. The summed E-state index contributed by atoms with van der Waals surface area (Å²) in [5, 5.41) is 11.7. The van der Waals surface area contributed by atoms with E-state index in [0.717, 1.165) is 17.3 Å². The molecule has 1 saturated heterocycles. The first kappa shape index (κ1) is 20.0. The number of hydrogen-bond donors (Lipinski definition) is 1. The molecule has 1 aromatic carbocycles. The molecule has 2 heterocycles. The zero-order valence-corrected chi connectivity index (χ0v) is 16.0. The smallest absolute Gasteiger partial charge is 0.277 e. The maximum atomic E-state index is 12.4. The lowest BCUT2D eigenvalue weighted by atomic mass is 10.1. The first-order chi connectivity index (χ1) is 13.0. The summed E-state index contributed by atoms with van der Waals surface area (Å²) in [7, 11) is 0. The maximum absolute atomic E-state index is 12.4. The highest BCUT2D eigenvalue weighted by Crippen LogP contribution is 2.24. The van der Waals surface area contributed by atoms with Gasteiger partial charge in [-0.1, -0.05) is 23.4 Å². The van der Waals surface area contributed by atoms with Gasteiger partial charge < -0.3 is 9.73 Å². The largest absolute Gasteiger partial charge is 0.411 e. The van der Waals surface area contributed by atoms with Crippen LogP contribution in [0.25, 0.3) is 11.5 Å². The third-order valence-corrected chi connectivity index (χ3v) is 5.24. The second kappa shape index (κ2) is 9.48. The summed E-state index contributed by atoms with van der Waals surface area (Å²) in [5.41, 5.74) is 0.749. The quantitative estimate of drug-likeness (QED) is 0.698. The Labute approximate surface area is 164 Å². The van der Waals surface area contributed by atoms with Gasteiger partial charge in [-0.3, -0.25) is 9.69 Å². The average Bonchev–Trinajstić information content (AvgIpc) is 3.11. The Balaban J connectivity index is 1.41. The molecular formula is C17H19ClF2N4O2S. The molecule has 0 spiro atoms. The Morgan fingerprint density at radius 2 is 2.00 bits per heavy atom. The lowest BCUT2D eigenvalue weighted by Crippen LogP contribution is -2.46. The van der Waals surface area contributed by atoms with E-state index >= 15 is 0 Å². The van der Waals surface area contributed by atoms with Gasteiger partial charge in [0.05, 0.1) is 12.3 Å². The van der Waals surface area contributed by atoms with Crippen molar-refractivity contribution >= 4 is 29.3 Å². The number of benzene rings is 1. The predicted molar refractivity (Wildman–Crippen MR) is 99.1 cm³/mol. The van der Waals surface area contributed by atoms with Crippen molar-refractivity contribution in [3.63, 3.8) is 0 Å². The molecule has 1 aliphatic rings. The summed E-state index contributed by atoms with van der Waals surface area (Å²) in [6.07, 6.45) is -0.978. The Bertz CT molecular complexity index is 752. The minimum atomic E-state index is -2.32. The molecule has 0 radical (unpaired) electrons. The molecule has 0 aliphatic carbocycles. The summed E-state index contributed by atoms with van der Waals surface area (Å²) < 4.78 is 30.3. The summed E-state index contributed by atoms with van der Waals surface area (Å²) in [4.78, 5) is 13.8. The number of rotatable bonds is 7. The van der Waals surface area contributed by atoms with Gasteiger partial charge in [0.15, 0.2) is 0 Å². The molecule has 0 saturated carbocycles. The van der Waals surface area contributed by atoms with Gasteiger partial charge in [-0.2, -0.15) is 0 Å². The summed E-state index contributed by atoms with van der Waals surface area (Å²) in [5.74, 6) is 0.374. The molecule has 2 aromatic rings. The van der Waals surface area contributed by atoms with Crippen LogP contribution in [0.1, 0.15) is 12.8 Å². The third kappa shape index (κ3) is 6.15. The molecule has 10 heteroatoms. The minimum absolute atomic E-state index is 0.0133. The fourth-order valence-electron chi connectivity index (χ4n) is 2.83. The number of carbonyl (C=O) groups is 1. The highest BCUT2D eigenvalue weighted by molar-refractivity contribution is 7.99. The number of nitrogens with zero attached hydrogens (tertiary/aromatic N) is 3. The predicted octanol–water partition coefficient (Wildman–Crippen LogP) is 3.33. The van der Waals surface area contributed by atoms with E-state index in [2.05, 4.69) is 15.5 Å². The number of piperidine rings is 1. The zero-order chi connectivity index (χ0) is 19.2. The Morgan fingerprint density at radius 3 is 2.67 bits per heavy atom. The SMILES string of the molecule is O=C(CSc1nnc(-c2ccc(Cl)cc2)o1)NC1CCN(CC(F)F)CC1. The van der Waals surface area contributed by atoms with Crippen molar-refractivity contribution in [1.29, 1.82) is 0 Å². The molecule has 0 unspecified atom stereocenters. The van der Waals surface area contributed by atoms with Gasteiger partial charge in [0.2, 0.25) is 11.8 Å². The molecule has 0 bridgehead atoms. The van der Waals surface area contributed by atoms with Gasteiger partial charge >= 0.3 is 0 Å². The normalized spacial score (nSPS) is 16.0. The van der Waals surface area contributed by atoms with Crippen LogP contribution in [-0.4, -0.2) is 58.9 Å². The molecule has 146 valence electrons. The van der Waals surface area contributed by atoms with Crippen LogP contribution in [0.4, 0.5) is 8.78 Å². The van der Waals surface area contributed by atoms with Crippen LogP contribution in [0, 0.1) is 0 Å². The van der Waals surface area contributed by atoms with Gasteiger partial charge in [-0.15, -0.1) is 10.2 Å². The topological polar surface area (TPSA) is 71.3 Å². The molecule has 3 rings (SSSR count). The van der Waals surface area contributed by atoms with E-state index in [-0.39, 0.29) is 24.2 Å². The molecule has 0 atom stereocenters. The van der Waals surface area contributed by atoms with Crippen molar-refractivity contribution in [2.24, 2.45) is 0 Å². The van der Waals surface area contributed by atoms with E-state index in [4.69, 9.17) is 16.0 Å². The first-order valence-electron chi connectivity index (χ1n) is 8.51. The zero-order valence-electron chi connectivity index (χ0n) is 14.4. The van der Waals surface area contributed by atoms with Crippen molar-refractivity contribution in [1.82, 2.24) is 20.4 Å². The van der Waals surface area contributed by atoms with Crippen LogP contribution < -0.4 is 5.32 Å². The molecule has 1 aliphatic heterocycles. The number of nitrogens with one attached hydrogen (secondary N) is 1. The van der Waals surface area contributed by atoms with E-state index in [9.17, 15) is 13.6 Å². The lowest BCUT2D eigenvalue weighted by Gasteiger charge is -2.31. The van der Waals surface area contributed by atoms with Crippen LogP contribution >= 0.6 is 23.4 Å². The number of aromatic nitrogens is 2. The number of hydrogen-bond acceptors (Lipinski definition) is 6. The Hall–Kier alpha value is -1.71. The molecule has 6 nitrogen and oxygen atoms in total. The Kier molecular flexibility index (Phi) is 7.03. The van der Waals surface area contributed by atoms with E-state index < -0.39 is 6.43 Å². The first-order valence-corrected chi connectivity index (χ1v) is 9.88. The van der Waals surface area contributed by atoms with Gasteiger partial charge in [0.1, 0.15) is 0 Å². The Morgan fingerprint density at radius 1 is 1.30 bits per heavy atom. The molecule has 1 N–H and O–H groups in total. The summed E-state index contributed by atoms with van der Waals surface area (Å²) in [6, 6.07) is 7.02. The van der Waals surface area contributed by atoms with Crippen molar-refractivity contribution in [2.75, 3.05) is 25.4 Å². The molecule has 1 aromatic heterocycles. The fraction of sp³-hybridized carbons (Fsp3) is 0.471. The van der Waals surface area contributed by atoms with Crippen molar-refractivity contribution in [2.45, 2.75) is 30.5 Å². The highest BCUT2D eigenvalue weighted by Gasteiger charge is 2.22. The number of amides is 1. The third-order valence-electron chi connectivity index (χ3n) is 4.17. The molecular weight excluding hydrogens is 398 g/mol. The summed E-state index contributed by atoms with van der Waals surface area (Å²) in [6.45, 7) is 0.927. The van der Waals surface area contributed by atoms with E-state index in [1.165, 1.54) is 0 Å². The van der Waals surface area contributed by atoms with Crippen LogP contribution in [0.2, 0.25) is 5.02 Å². The second-order valence-corrected chi connectivity index (χ2v) is 7.57. The number of carbonyl (C=O) groups excluding carboxylic acids is 1. The lowest BCUT2D eigenvalue weighted by molar-refractivity contribution is -0.119. The van der Waals surface area contributed by atoms with E-state index in [0.29, 0.717) is 42.1 Å². The molecule has 27 heavy (non-hydrogen) atoms. The van der Waals surface area contributed by atoms with E-state index in [1.54, 1.807) is 29.2 Å². The van der Waals surface area contributed by atoms with Crippen LogP contribution in [0.15, 0.2) is 33.9 Å². The number of likely N-dealkylation sites (tertiary alicyclic amines) is 1. The number of halogens is 3. The van der Waals surface area contributed by atoms with Crippen LogP contribution in [-0.2, 0) is 4.79 Å². The van der Waals surface area contributed by atoms with Crippen LogP contribution in [0.3, 0.4) is 0 Å². The van der Waals surface area contributed by atoms with Crippen molar-refractivity contribution < 1.29 is 18.0 Å². The van der Waals surface area contributed by atoms with E-state index in [1.807, 2.05) is 0 Å². The van der Waals surface area contributed by atoms with Gasteiger partial charge in [0.25, 0.3) is 11.6 Å². The molecule has 1 amide bonds. The number of thioether (sulfide) groups is 1.